The predicted octanol–water partition coefficient (Wildman–Crippen LogP) is 1.81. The second-order valence-electron chi connectivity index (χ2n) is 4.15. The summed E-state index contributed by atoms with van der Waals surface area (Å²) in [6.45, 7) is -1.50. The highest BCUT2D eigenvalue weighted by molar-refractivity contribution is 5.83. The highest BCUT2D eigenvalue weighted by Gasteiger charge is 2.13. The van der Waals surface area contributed by atoms with Crippen molar-refractivity contribution in [3.63, 3.8) is 0 Å². The van der Waals surface area contributed by atoms with Crippen LogP contribution >= 0.6 is 0 Å². The molecule has 1 aromatic carbocycles. The number of aliphatic carboxylic acids is 1. The molecule has 1 aromatic rings. The average Bonchev–Trinajstić information content (AvgIpc) is 2.37. The molecule has 0 fully saturated rings. The lowest BCUT2D eigenvalue weighted by Gasteiger charge is -2.09. The first-order valence-corrected chi connectivity index (χ1v) is 5.94. The van der Waals surface area contributed by atoms with Crippen LogP contribution in [0.5, 0.6) is 5.75 Å². The van der Waals surface area contributed by atoms with E-state index in [1.54, 1.807) is 12.1 Å². The maximum atomic E-state index is 11.9. The summed E-state index contributed by atoms with van der Waals surface area (Å²) in [5, 5.41) is 11.0. The number of halogens is 2. The minimum atomic E-state index is -2.87. The number of carbonyl (C=O) groups excluding carboxylic acids is 1. The van der Waals surface area contributed by atoms with Gasteiger partial charge >= 0.3 is 12.6 Å². The molecule has 0 spiro atoms. The zero-order valence-electron chi connectivity index (χ0n) is 10.8. The van der Waals surface area contributed by atoms with Crippen LogP contribution in [-0.2, 0) is 16.0 Å². The van der Waals surface area contributed by atoms with E-state index in [1.165, 1.54) is 19.1 Å². The lowest BCUT2D eigenvalue weighted by Crippen LogP contribution is -2.38. The van der Waals surface area contributed by atoms with Gasteiger partial charge in [-0.3, -0.25) is 9.59 Å². The van der Waals surface area contributed by atoms with Gasteiger partial charge in [-0.15, -0.1) is 0 Å². The van der Waals surface area contributed by atoms with E-state index >= 15 is 0 Å². The Kier molecular flexibility index (Phi) is 5.89. The highest BCUT2D eigenvalue weighted by Crippen LogP contribution is 2.15. The first-order chi connectivity index (χ1) is 9.38. The summed E-state index contributed by atoms with van der Waals surface area (Å²) in [5.74, 6) is -1.44. The number of hydrogen-bond acceptors (Lipinski definition) is 3. The molecule has 0 aliphatic rings. The van der Waals surface area contributed by atoms with E-state index in [1.807, 2.05) is 0 Å². The number of aryl methyl sites for hydroxylation is 1. The normalized spacial score (nSPS) is 12.0. The number of nitrogens with one attached hydrogen (secondary N) is 1. The zero-order valence-corrected chi connectivity index (χ0v) is 10.8. The van der Waals surface area contributed by atoms with Crippen LogP contribution in [0.3, 0.4) is 0 Å². The van der Waals surface area contributed by atoms with Gasteiger partial charge in [-0.05, 0) is 31.0 Å². The maximum absolute atomic E-state index is 11.9. The molecule has 0 aliphatic carbocycles. The molecule has 0 heterocycles. The van der Waals surface area contributed by atoms with Gasteiger partial charge in [-0.1, -0.05) is 12.1 Å². The number of carbonyl (C=O) groups is 2. The topological polar surface area (TPSA) is 75.6 Å². The lowest BCUT2D eigenvalue weighted by atomic mass is 10.1. The first kappa shape index (κ1) is 15.9. The Balaban J connectivity index is 2.42. The molecule has 0 radical (unpaired) electrons. The van der Waals surface area contributed by atoms with Crippen LogP contribution < -0.4 is 10.1 Å². The maximum Gasteiger partial charge on any atom is 0.387 e. The van der Waals surface area contributed by atoms with Crippen molar-refractivity contribution >= 4 is 11.9 Å². The van der Waals surface area contributed by atoms with Gasteiger partial charge in [0.05, 0.1) is 0 Å². The lowest BCUT2D eigenvalue weighted by molar-refractivity contribution is -0.141. The second kappa shape index (κ2) is 7.42. The fraction of sp³-hybridized carbons (Fsp3) is 0.385. The third-order valence-electron chi connectivity index (χ3n) is 2.54. The number of rotatable bonds is 7. The van der Waals surface area contributed by atoms with Gasteiger partial charge in [-0.25, -0.2) is 0 Å². The van der Waals surface area contributed by atoms with Gasteiger partial charge in [-0.2, -0.15) is 8.78 Å². The molecule has 20 heavy (non-hydrogen) atoms. The summed E-state index contributed by atoms with van der Waals surface area (Å²) < 4.78 is 28.1. The number of ether oxygens (including phenoxy) is 1. The predicted molar refractivity (Wildman–Crippen MR) is 66.6 cm³/mol. The Hall–Kier alpha value is -2.18. The van der Waals surface area contributed by atoms with Gasteiger partial charge in [0.25, 0.3) is 0 Å². The van der Waals surface area contributed by atoms with Crippen LogP contribution in [0, 0.1) is 0 Å². The SMILES string of the molecule is C[C@H](NC(=O)CCc1ccc(OC(F)F)cc1)C(=O)O. The molecule has 0 saturated carbocycles. The Morgan fingerprint density at radius 1 is 1.30 bits per heavy atom. The third kappa shape index (κ3) is 5.64. The van der Waals surface area contributed by atoms with Crippen molar-refractivity contribution in [1.29, 1.82) is 0 Å². The van der Waals surface area contributed by atoms with Crippen molar-refractivity contribution in [2.45, 2.75) is 32.4 Å². The molecular weight excluding hydrogens is 272 g/mol. The summed E-state index contributed by atoms with van der Waals surface area (Å²) in [6.07, 6.45) is 0.500. The van der Waals surface area contributed by atoms with Crippen LogP contribution in [0.25, 0.3) is 0 Å². The number of benzene rings is 1. The fourth-order valence-corrected chi connectivity index (χ4v) is 1.47. The standard InChI is InChI=1S/C13H15F2NO4/c1-8(12(18)19)16-11(17)7-4-9-2-5-10(6-3-9)20-13(14)15/h2-3,5-6,8,13H,4,7H2,1H3,(H,16,17)(H,18,19)/t8-/m0/s1. The van der Waals surface area contributed by atoms with Gasteiger partial charge in [0.2, 0.25) is 5.91 Å². The van der Waals surface area contributed by atoms with Crippen LogP contribution in [0.4, 0.5) is 8.78 Å². The molecule has 110 valence electrons. The summed E-state index contributed by atoms with van der Waals surface area (Å²) in [4.78, 5) is 22.0. The fourth-order valence-electron chi connectivity index (χ4n) is 1.47. The third-order valence-corrected chi connectivity index (χ3v) is 2.54. The molecule has 7 heteroatoms. The van der Waals surface area contributed by atoms with E-state index < -0.39 is 18.6 Å². The van der Waals surface area contributed by atoms with Crippen molar-refractivity contribution in [1.82, 2.24) is 5.32 Å². The smallest absolute Gasteiger partial charge is 0.387 e. The number of alkyl halides is 2. The highest BCUT2D eigenvalue weighted by atomic mass is 19.3. The Bertz CT molecular complexity index is 462. The molecule has 2 N–H and O–H groups in total. The molecule has 1 amide bonds. The van der Waals surface area contributed by atoms with Crippen molar-refractivity contribution in [3.8, 4) is 5.75 Å². The average molecular weight is 287 g/mol. The molecular formula is C13H15F2NO4. The van der Waals surface area contributed by atoms with Gasteiger partial charge in [0.15, 0.2) is 0 Å². The molecule has 0 bridgehead atoms. The summed E-state index contributed by atoms with van der Waals surface area (Å²) in [7, 11) is 0. The van der Waals surface area contributed by atoms with Crippen LogP contribution in [0.2, 0.25) is 0 Å². The zero-order chi connectivity index (χ0) is 15.1. The first-order valence-electron chi connectivity index (χ1n) is 5.94. The van der Waals surface area contributed by atoms with Crippen LogP contribution in [-0.4, -0.2) is 29.6 Å². The van der Waals surface area contributed by atoms with Crippen LogP contribution in [0.15, 0.2) is 24.3 Å². The summed E-state index contributed by atoms with van der Waals surface area (Å²) >= 11 is 0. The molecule has 0 aromatic heterocycles. The minimum absolute atomic E-state index is 0.0488. The molecule has 5 nitrogen and oxygen atoms in total. The number of amides is 1. The number of carboxylic acid groups (broad SMARTS) is 1. The van der Waals surface area contributed by atoms with Crippen molar-refractivity contribution in [3.05, 3.63) is 29.8 Å². The largest absolute Gasteiger partial charge is 0.480 e. The quantitative estimate of drug-likeness (QED) is 0.802. The van der Waals surface area contributed by atoms with Crippen molar-refractivity contribution < 1.29 is 28.2 Å². The van der Waals surface area contributed by atoms with Gasteiger partial charge < -0.3 is 15.2 Å². The van der Waals surface area contributed by atoms with E-state index in [9.17, 15) is 18.4 Å². The van der Waals surface area contributed by atoms with E-state index in [4.69, 9.17) is 5.11 Å². The Labute approximate surface area is 114 Å². The van der Waals surface area contributed by atoms with Crippen LogP contribution in [0.1, 0.15) is 18.9 Å². The molecule has 1 atom stereocenters. The van der Waals surface area contributed by atoms with Gasteiger partial charge in [0, 0.05) is 6.42 Å². The summed E-state index contributed by atoms with van der Waals surface area (Å²) in [5.41, 5.74) is 0.768. The number of carboxylic acids is 1. The number of hydrogen-bond donors (Lipinski definition) is 2. The van der Waals surface area contributed by atoms with E-state index in [-0.39, 0.29) is 18.1 Å². The second-order valence-corrected chi connectivity index (χ2v) is 4.15. The Morgan fingerprint density at radius 2 is 1.90 bits per heavy atom. The van der Waals surface area contributed by atoms with E-state index in [2.05, 4.69) is 10.1 Å². The Morgan fingerprint density at radius 3 is 2.40 bits per heavy atom. The van der Waals surface area contributed by atoms with Crippen molar-refractivity contribution in [2.75, 3.05) is 0 Å². The van der Waals surface area contributed by atoms with E-state index in [0.717, 1.165) is 5.56 Å². The molecule has 0 saturated heterocycles. The monoisotopic (exact) mass is 287 g/mol. The van der Waals surface area contributed by atoms with Gasteiger partial charge in [0.1, 0.15) is 11.8 Å². The minimum Gasteiger partial charge on any atom is -0.480 e. The molecule has 0 unspecified atom stereocenters. The van der Waals surface area contributed by atoms with E-state index in [0.29, 0.717) is 6.42 Å². The van der Waals surface area contributed by atoms with Crippen molar-refractivity contribution in [2.24, 2.45) is 0 Å². The summed E-state index contributed by atoms with van der Waals surface area (Å²) in [6, 6.07) is 4.99. The molecule has 0 aliphatic heterocycles. The molecule has 1 rings (SSSR count).